The van der Waals surface area contributed by atoms with Crippen LogP contribution in [0.4, 0.5) is 20.2 Å². The molecule has 0 bridgehead atoms. The molecule has 1 aromatic carbocycles. The highest BCUT2D eigenvalue weighted by molar-refractivity contribution is 5.53. The summed E-state index contributed by atoms with van der Waals surface area (Å²) in [5, 5.41) is 19.5. The van der Waals surface area contributed by atoms with Crippen molar-refractivity contribution in [2.45, 2.75) is 13.0 Å². The highest BCUT2D eigenvalue weighted by atomic mass is 19.1. The van der Waals surface area contributed by atoms with E-state index in [1.807, 2.05) is 0 Å². The first-order chi connectivity index (χ1) is 7.82. The molecule has 1 atom stereocenters. The molecule has 0 aliphatic heterocycles. The van der Waals surface area contributed by atoms with Crippen molar-refractivity contribution in [3.05, 3.63) is 33.9 Å². The van der Waals surface area contributed by atoms with Gasteiger partial charge in [-0.1, -0.05) is 0 Å². The van der Waals surface area contributed by atoms with E-state index in [1.54, 1.807) is 0 Å². The molecule has 0 fully saturated rings. The van der Waals surface area contributed by atoms with Gasteiger partial charge in [0.05, 0.1) is 23.2 Å². The first-order valence-electron chi connectivity index (χ1n) is 4.85. The second-order valence-corrected chi connectivity index (χ2v) is 3.74. The molecule has 0 spiro atoms. The third-order valence-corrected chi connectivity index (χ3v) is 2.13. The third-order valence-electron chi connectivity index (χ3n) is 2.13. The number of halogens is 2. The Morgan fingerprint density at radius 3 is 2.29 bits per heavy atom. The van der Waals surface area contributed by atoms with Gasteiger partial charge in [0.2, 0.25) is 0 Å². The Labute approximate surface area is 96.4 Å². The van der Waals surface area contributed by atoms with Gasteiger partial charge in [0.1, 0.15) is 5.69 Å². The second kappa shape index (κ2) is 5.05. The first-order valence-corrected chi connectivity index (χ1v) is 4.85. The molecular formula is C10H12F2N2O3. The van der Waals surface area contributed by atoms with Crippen molar-refractivity contribution < 1.29 is 18.8 Å². The monoisotopic (exact) mass is 246 g/mol. The van der Waals surface area contributed by atoms with Crippen LogP contribution in [0.3, 0.4) is 0 Å². The predicted molar refractivity (Wildman–Crippen MR) is 58.0 cm³/mol. The number of non-ortho nitro benzene ring substituents is 1. The number of hydrogen-bond acceptors (Lipinski definition) is 4. The summed E-state index contributed by atoms with van der Waals surface area (Å²) >= 11 is 0. The van der Waals surface area contributed by atoms with Gasteiger partial charge in [0, 0.05) is 13.6 Å². The molecule has 0 heterocycles. The Kier molecular flexibility index (Phi) is 3.95. The summed E-state index contributed by atoms with van der Waals surface area (Å²) in [7, 11) is 1.39. The molecule has 0 aliphatic carbocycles. The van der Waals surface area contributed by atoms with Crippen LogP contribution in [0.2, 0.25) is 0 Å². The molecule has 17 heavy (non-hydrogen) atoms. The van der Waals surface area contributed by atoms with Crippen molar-refractivity contribution in [1.29, 1.82) is 0 Å². The fourth-order valence-electron chi connectivity index (χ4n) is 1.51. The molecule has 1 unspecified atom stereocenters. The van der Waals surface area contributed by atoms with Gasteiger partial charge in [-0.05, 0) is 6.92 Å². The average Bonchev–Trinajstić information content (AvgIpc) is 2.14. The highest BCUT2D eigenvalue weighted by Crippen LogP contribution is 2.27. The van der Waals surface area contributed by atoms with Gasteiger partial charge in [-0.15, -0.1) is 0 Å². The maximum atomic E-state index is 13.5. The number of nitrogens with zero attached hydrogens (tertiary/aromatic N) is 2. The number of rotatable bonds is 4. The molecule has 94 valence electrons. The SMILES string of the molecule is CC(O)CN(C)c1c(F)cc([N+](=O)[O-])cc1F. The van der Waals surface area contributed by atoms with E-state index in [4.69, 9.17) is 5.11 Å². The summed E-state index contributed by atoms with van der Waals surface area (Å²) in [5.41, 5.74) is -1.04. The average molecular weight is 246 g/mol. The smallest absolute Gasteiger partial charge is 0.275 e. The van der Waals surface area contributed by atoms with Gasteiger partial charge < -0.3 is 10.0 Å². The summed E-state index contributed by atoms with van der Waals surface area (Å²) < 4.78 is 27.0. The number of nitro groups is 1. The van der Waals surface area contributed by atoms with Crippen LogP contribution in [0, 0.1) is 21.7 Å². The van der Waals surface area contributed by atoms with Gasteiger partial charge in [0.15, 0.2) is 11.6 Å². The zero-order valence-electron chi connectivity index (χ0n) is 9.35. The van der Waals surface area contributed by atoms with Crippen molar-refractivity contribution in [3.8, 4) is 0 Å². The minimum Gasteiger partial charge on any atom is -0.392 e. The Bertz CT molecular complexity index is 415. The summed E-state index contributed by atoms with van der Waals surface area (Å²) in [6, 6.07) is 1.30. The van der Waals surface area contributed by atoms with Gasteiger partial charge in [-0.2, -0.15) is 0 Å². The lowest BCUT2D eigenvalue weighted by Crippen LogP contribution is -2.28. The maximum absolute atomic E-state index is 13.5. The van der Waals surface area contributed by atoms with E-state index in [9.17, 15) is 18.9 Å². The predicted octanol–water partition coefficient (Wildman–Crippen LogP) is 1.69. The topological polar surface area (TPSA) is 66.6 Å². The number of aliphatic hydroxyl groups excluding tert-OH is 1. The Morgan fingerprint density at radius 1 is 1.47 bits per heavy atom. The summed E-state index contributed by atoms with van der Waals surface area (Å²) in [5.74, 6) is -2.06. The van der Waals surface area contributed by atoms with Crippen molar-refractivity contribution in [2.24, 2.45) is 0 Å². The van der Waals surface area contributed by atoms with Gasteiger partial charge in [-0.3, -0.25) is 10.1 Å². The zero-order valence-corrected chi connectivity index (χ0v) is 9.35. The van der Waals surface area contributed by atoms with Crippen LogP contribution in [-0.2, 0) is 0 Å². The quantitative estimate of drug-likeness (QED) is 0.648. The molecule has 1 aromatic rings. The lowest BCUT2D eigenvalue weighted by atomic mass is 10.2. The Balaban J connectivity index is 3.13. The number of hydrogen-bond donors (Lipinski definition) is 1. The van der Waals surface area contributed by atoms with E-state index in [0.717, 1.165) is 0 Å². The van der Waals surface area contributed by atoms with Crippen molar-refractivity contribution in [2.75, 3.05) is 18.5 Å². The normalized spacial score (nSPS) is 12.3. The minimum absolute atomic E-state index is 0.0195. The number of likely N-dealkylation sites (N-methyl/N-ethyl adjacent to an activating group) is 1. The summed E-state index contributed by atoms with van der Waals surface area (Å²) in [4.78, 5) is 10.7. The van der Waals surface area contributed by atoms with E-state index in [1.165, 1.54) is 18.9 Å². The van der Waals surface area contributed by atoms with E-state index in [0.29, 0.717) is 12.1 Å². The number of aliphatic hydroxyl groups is 1. The lowest BCUT2D eigenvalue weighted by Gasteiger charge is -2.21. The molecule has 1 rings (SSSR count). The summed E-state index contributed by atoms with van der Waals surface area (Å²) in [6.07, 6.45) is -0.769. The summed E-state index contributed by atoms with van der Waals surface area (Å²) in [6.45, 7) is 1.49. The first kappa shape index (κ1) is 13.3. The van der Waals surface area contributed by atoms with Gasteiger partial charge in [-0.25, -0.2) is 8.78 Å². The van der Waals surface area contributed by atoms with Crippen LogP contribution in [0.25, 0.3) is 0 Å². The third kappa shape index (κ3) is 3.10. The molecule has 0 radical (unpaired) electrons. The van der Waals surface area contributed by atoms with Crippen molar-refractivity contribution >= 4 is 11.4 Å². The maximum Gasteiger partial charge on any atom is 0.275 e. The van der Waals surface area contributed by atoms with Crippen LogP contribution < -0.4 is 4.90 Å². The number of benzene rings is 1. The highest BCUT2D eigenvalue weighted by Gasteiger charge is 2.20. The molecular weight excluding hydrogens is 234 g/mol. The fraction of sp³-hybridized carbons (Fsp3) is 0.400. The number of nitro benzene ring substituents is 1. The van der Waals surface area contributed by atoms with E-state index >= 15 is 0 Å². The van der Waals surface area contributed by atoms with Crippen LogP contribution in [0.15, 0.2) is 12.1 Å². The van der Waals surface area contributed by atoms with Crippen LogP contribution >= 0.6 is 0 Å². The molecule has 0 amide bonds. The molecule has 5 nitrogen and oxygen atoms in total. The van der Waals surface area contributed by atoms with Crippen molar-refractivity contribution in [3.63, 3.8) is 0 Å². The molecule has 0 aliphatic rings. The molecule has 7 heteroatoms. The number of anilines is 1. The standard InChI is InChI=1S/C10H12F2N2O3/c1-6(15)5-13(2)10-8(11)3-7(14(16)17)4-9(10)12/h3-4,6,15H,5H2,1-2H3. The Hall–Kier alpha value is -1.76. The molecule has 1 N–H and O–H groups in total. The largest absolute Gasteiger partial charge is 0.392 e. The van der Waals surface area contributed by atoms with Crippen LogP contribution in [-0.4, -0.2) is 29.7 Å². The fourth-order valence-corrected chi connectivity index (χ4v) is 1.51. The van der Waals surface area contributed by atoms with E-state index < -0.39 is 34.0 Å². The van der Waals surface area contributed by atoms with E-state index in [-0.39, 0.29) is 6.54 Å². The Morgan fingerprint density at radius 2 is 1.94 bits per heavy atom. The van der Waals surface area contributed by atoms with Gasteiger partial charge in [0.25, 0.3) is 5.69 Å². The second-order valence-electron chi connectivity index (χ2n) is 3.74. The zero-order chi connectivity index (χ0) is 13.2. The van der Waals surface area contributed by atoms with E-state index in [2.05, 4.69) is 0 Å². The van der Waals surface area contributed by atoms with Crippen molar-refractivity contribution in [1.82, 2.24) is 0 Å². The molecule has 0 saturated carbocycles. The van der Waals surface area contributed by atoms with Crippen LogP contribution in [0.5, 0.6) is 0 Å². The van der Waals surface area contributed by atoms with Crippen LogP contribution in [0.1, 0.15) is 6.92 Å². The molecule has 0 aromatic heterocycles. The molecule has 0 saturated heterocycles. The van der Waals surface area contributed by atoms with Gasteiger partial charge >= 0.3 is 0 Å². The minimum atomic E-state index is -1.03. The lowest BCUT2D eigenvalue weighted by molar-refractivity contribution is -0.385.